The summed E-state index contributed by atoms with van der Waals surface area (Å²) in [5, 5.41) is 0. The van der Waals surface area contributed by atoms with Crippen molar-refractivity contribution in [3.63, 3.8) is 0 Å². The standard InChI is InChI=1S/C10H6NO4/c12-5-8-3-1-2-4-9(8)10(14)11-6-15-7-13/h1-6H. The van der Waals surface area contributed by atoms with E-state index in [9.17, 15) is 14.4 Å². The van der Waals surface area contributed by atoms with Gasteiger partial charge in [0.25, 0.3) is 5.91 Å². The molecule has 5 nitrogen and oxygen atoms in total. The van der Waals surface area contributed by atoms with Gasteiger partial charge in [0.2, 0.25) is 0 Å². The lowest BCUT2D eigenvalue weighted by Gasteiger charge is -1.97. The summed E-state index contributed by atoms with van der Waals surface area (Å²) < 4.78 is 3.99. The maximum absolute atomic E-state index is 11.3. The van der Waals surface area contributed by atoms with Crippen molar-refractivity contribution in [1.29, 1.82) is 0 Å². The van der Waals surface area contributed by atoms with Gasteiger partial charge < -0.3 is 4.74 Å². The van der Waals surface area contributed by atoms with E-state index < -0.39 is 5.91 Å². The Kier molecular flexibility index (Phi) is 3.91. The lowest BCUT2D eigenvalue weighted by atomic mass is 10.1. The minimum absolute atomic E-state index is 0.151. The van der Waals surface area contributed by atoms with Crippen molar-refractivity contribution in [3.05, 3.63) is 35.4 Å². The summed E-state index contributed by atoms with van der Waals surface area (Å²) in [5.74, 6) is -0.659. The summed E-state index contributed by atoms with van der Waals surface area (Å²) in [6.45, 7) is 1.08. The minimum Gasteiger partial charge on any atom is -0.406 e. The number of nitrogens with zero attached hydrogens (tertiary/aromatic N) is 1. The Hall–Kier alpha value is -2.30. The molecule has 1 aromatic carbocycles. The van der Waals surface area contributed by atoms with E-state index in [0.29, 0.717) is 12.7 Å². The maximum atomic E-state index is 11.3. The summed E-state index contributed by atoms with van der Waals surface area (Å²) in [7, 11) is 0. The second kappa shape index (κ2) is 5.43. The van der Waals surface area contributed by atoms with Crippen LogP contribution >= 0.6 is 0 Å². The van der Waals surface area contributed by atoms with Gasteiger partial charge >= 0.3 is 6.47 Å². The van der Waals surface area contributed by atoms with Crippen LogP contribution in [-0.4, -0.2) is 25.1 Å². The average molecular weight is 204 g/mol. The van der Waals surface area contributed by atoms with Crippen molar-refractivity contribution in [1.82, 2.24) is 0 Å². The summed E-state index contributed by atoms with van der Waals surface area (Å²) in [6, 6.07) is 6.17. The Morgan fingerprint density at radius 3 is 2.80 bits per heavy atom. The summed E-state index contributed by atoms with van der Waals surface area (Å²) in [4.78, 5) is 34.8. The Bertz CT molecular complexity index is 412. The Labute approximate surface area is 85.4 Å². The highest BCUT2D eigenvalue weighted by Gasteiger charge is 2.08. The number of rotatable bonds is 4. The zero-order chi connectivity index (χ0) is 11.1. The molecule has 1 aromatic rings. The summed E-state index contributed by atoms with van der Waals surface area (Å²) in [6.07, 6.45) is 1.21. The molecule has 0 fully saturated rings. The molecule has 75 valence electrons. The third-order valence-corrected chi connectivity index (χ3v) is 1.59. The molecule has 0 bridgehead atoms. The molecule has 0 heterocycles. The van der Waals surface area contributed by atoms with E-state index >= 15 is 0 Å². The number of aliphatic imine (C=N–C) groups is 1. The van der Waals surface area contributed by atoms with Crippen LogP contribution in [0, 0.1) is 0 Å². The molecular weight excluding hydrogens is 198 g/mol. The normalized spacial score (nSPS) is 9.87. The number of ether oxygens (including phenoxy) is 1. The molecule has 1 rings (SSSR count). The summed E-state index contributed by atoms with van der Waals surface area (Å²) >= 11 is 0. The van der Waals surface area contributed by atoms with Gasteiger partial charge in [-0.05, 0) is 6.07 Å². The number of aldehydes is 1. The fourth-order valence-electron chi connectivity index (χ4n) is 0.960. The van der Waals surface area contributed by atoms with Gasteiger partial charge in [0.1, 0.15) is 0 Å². The van der Waals surface area contributed by atoms with Gasteiger partial charge in [-0.25, -0.2) is 4.79 Å². The first-order chi connectivity index (χ1) is 7.29. The van der Waals surface area contributed by atoms with Crippen LogP contribution in [-0.2, 0) is 9.53 Å². The number of hydrogen-bond donors (Lipinski definition) is 0. The Morgan fingerprint density at radius 2 is 2.13 bits per heavy atom. The van der Waals surface area contributed by atoms with Crippen molar-refractivity contribution in [2.75, 3.05) is 0 Å². The number of amides is 1. The highest BCUT2D eigenvalue weighted by atomic mass is 16.5. The Balaban J connectivity index is 2.90. The highest BCUT2D eigenvalue weighted by Crippen LogP contribution is 2.07. The molecule has 1 radical (unpaired) electrons. The molecule has 0 aliphatic carbocycles. The molecule has 1 amide bonds. The third kappa shape index (κ3) is 2.84. The van der Waals surface area contributed by atoms with Crippen LogP contribution in [0.4, 0.5) is 0 Å². The largest absolute Gasteiger partial charge is 0.424 e. The smallest absolute Gasteiger partial charge is 0.406 e. The number of carbonyl (C=O) groups excluding carboxylic acids is 3. The quantitative estimate of drug-likeness (QED) is 0.412. The van der Waals surface area contributed by atoms with Gasteiger partial charge in [-0.2, -0.15) is 4.99 Å². The van der Waals surface area contributed by atoms with Gasteiger partial charge in [-0.3, -0.25) is 9.59 Å². The molecule has 0 atom stereocenters. The highest BCUT2D eigenvalue weighted by molar-refractivity contribution is 6.04. The number of carbonyl (C=O) groups is 2. The number of benzene rings is 1. The van der Waals surface area contributed by atoms with Gasteiger partial charge in [-0.1, -0.05) is 18.2 Å². The molecule has 0 spiro atoms. The predicted molar refractivity (Wildman–Crippen MR) is 51.4 cm³/mol. The molecule has 0 saturated heterocycles. The maximum Gasteiger partial charge on any atom is 0.424 e. The average Bonchev–Trinajstić information content (AvgIpc) is 2.29. The van der Waals surface area contributed by atoms with E-state index in [1.54, 1.807) is 12.1 Å². The van der Waals surface area contributed by atoms with Crippen LogP contribution in [0.15, 0.2) is 29.3 Å². The predicted octanol–water partition coefficient (Wildman–Crippen LogP) is 0.751. The fraction of sp³-hybridized carbons (Fsp3) is 0. The first-order valence-corrected chi connectivity index (χ1v) is 3.93. The number of hydrogen-bond acceptors (Lipinski definition) is 4. The Morgan fingerprint density at radius 1 is 1.40 bits per heavy atom. The topological polar surface area (TPSA) is 72.8 Å². The molecule has 0 unspecified atom stereocenters. The third-order valence-electron chi connectivity index (χ3n) is 1.59. The first kappa shape index (κ1) is 10.8. The van der Waals surface area contributed by atoms with Crippen LogP contribution in [0.2, 0.25) is 0 Å². The van der Waals surface area contributed by atoms with Crippen LogP contribution < -0.4 is 0 Å². The van der Waals surface area contributed by atoms with E-state index in [1.807, 2.05) is 0 Å². The van der Waals surface area contributed by atoms with E-state index in [1.165, 1.54) is 12.1 Å². The molecule has 0 N–H and O–H groups in total. The second-order valence-electron chi connectivity index (χ2n) is 2.45. The van der Waals surface area contributed by atoms with Gasteiger partial charge in [-0.15, -0.1) is 0 Å². The minimum atomic E-state index is -0.659. The second-order valence-corrected chi connectivity index (χ2v) is 2.45. The molecule has 0 aliphatic rings. The van der Waals surface area contributed by atoms with Crippen molar-refractivity contribution in [2.45, 2.75) is 0 Å². The van der Waals surface area contributed by atoms with Gasteiger partial charge in [0.15, 0.2) is 12.7 Å². The first-order valence-electron chi connectivity index (χ1n) is 3.93. The van der Waals surface area contributed by atoms with Crippen LogP contribution in [0.5, 0.6) is 0 Å². The molecule has 5 heteroatoms. The van der Waals surface area contributed by atoms with E-state index in [0.717, 1.165) is 6.47 Å². The molecule has 0 aliphatic heterocycles. The van der Waals surface area contributed by atoms with Crippen LogP contribution in [0.25, 0.3) is 0 Å². The molecular formula is C10H6NO4. The van der Waals surface area contributed by atoms with E-state index in [2.05, 4.69) is 9.73 Å². The lowest BCUT2D eigenvalue weighted by Crippen LogP contribution is -2.01. The van der Waals surface area contributed by atoms with Crippen molar-refractivity contribution in [3.8, 4) is 0 Å². The van der Waals surface area contributed by atoms with Crippen molar-refractivity contribution < 1.29 is 19.1 Å². The van der Waals surface area contributed by atoms with Crippen molar-refractivity contribution >= 4 is 25.1 Å². The molecule has 0 saturated carbocycles. The zero-order valence-corrected chi connectivity index (χ0v) is 7.54. The zero-order valence-electron chi connectivity index (χ0n) is 7.54. The fourth-order valence-corrected chi connectivity index (χ4v) is 0.960. The van der Waals surface area contributed by atoms with Crippen LogP contribution in [0.3, 0.4) is 0 Å². The van der Waals surface area contributed by atoms with Gasteiger partial charge in [0, 0.05) is 5.56 Å². The van der Waals surface area contributed by atoms with Gasteiger partial charge in [0.05, 0.1) is 5.56 Å². The van der Waals surface area contributed by atoms with Crippen LogP contribution in [0.1, 0.15) is 20.7 Å². The molecule has 15 heavy (non-hydrogen) atoms. The van der Waals surface area contributed by atoms with Crippen molar-refractivity contribution in [2.24, 2.45) is 4.99 Å². The summed E-state index contributed by atoms with van der Waals surface area (Å²) in [5.41, 5.74) is 0.382. The molecule has 0 aromatic heterocycles. The lowest BCUT2D eigenvalue weighted by molar-refractivity contribution is 0.0994. The monoisotopic (exact) mass is 204 g/mol. The van der Waals surface area contributed by atoms with E-state index in [4.69, 9.17) is 0 Å². The SMILES string of the molecule is O=[C]OC=NC(=O)c1ccccc1C=O. The van der Waals surface area contributed by atoms with E-state index in [-0.39, 0.29) is 11.1 Å².